The van der Waals surface area contributed by atoms with E-state index < -0.39 is 0 Å². The fraction of sp³-hybridized carbons (Fsp3) is 0.412. The molecule has 1 heterocycles. The number of aryl methyl sites for hydroxylation is 1. The van der Waals surface area contributed by atoms with E-state index in [4.69, 9.17) is 0 Å². The normalized spacial score (nSPS) is 18.0. The maximum absolute atomic E-state index is 12.0. The predicted molar refractivity (Wildman–Crippen MR) is 83.9 cm³/mol. The van der Waals surface area contributed by atoms with Crippen LogP contribution in [0.25, 0.3) is 11.0 Å². The van der Waals surface area contributed by atoms with Gasteiger partial charge < -0.3 is 10.3 Å². The molecule has 1 aliphatic carbocycles. The van der Waals surface area contributed by atoms with E-state index in [1.807, 2.05) is 24.3 Å². The zero-order valence-corrected chi connectivity index (χ0v) is 12.1. The molecule has 0 radical (unpaired) electrons. The highest BCUT2D eigenvalue weighted by molar-refractivity contribution is 5.79. The van der Waals surface area contributed by atoms with E-state index in [1.54, 1.807) is 0 Å². The number of carbonyl (C=O) groups is 1. The van der Waals surface area contributed by atoms with Gasteiger partial charge in [-0.25, -0.2) is 4.98 Å². The minimum atomic E-state index is 0.168. The van der Waals surface area contributed by atoms with Crippen molar-refractivity contribution in [2.75, 3.05) is 6.54 Å². The summed E-state index contributed by atoms with van der Waals surface area (Å²) in [7, 11) is 0. The molecule has 1 aromatic carbocycles. The molecule has 0 aliphatic heterocycles. The quantitative estimate of drug-likeness (QED) is 0.654. The average Bonchev–Trinajstić information content (AvgIpc) is 2.95. The third-order valence-corrected chi connectivity index (χ3v) is 3.97. The maximum Gasteiger partial charge on any atom is 0.223 e. The Morgan fingerprint density at radius 3 is 3.05 bits per heavy atom. The standard InChI is InChI=1S/C17H21N3O/c21-17(13-7-2-1-3-8-13)18-12-6-11-16-19-14-9-4-5-10-15(14)20-16/h1-2,4-5,9-10,13H,3,6-8,11-12H2,(H,18,21)(H,19,20). The van der Waals surface area contributed by atoms with Crippen molar-refractivity contribution in [3.05, 3.63) is 42.2 Å². The first-order valence-electron chi connectivity index (χ1n) is 7.69. The number of aromatic amines is 1. The SMILES string of the molecule is O=C(NCCCc1nc2ccccc2[nH]1)C1CC=CCC1. The number of imidazole rings is 1. The van der Waals surface area contributed by atoms with E-state index in [0.717, 1.165) is 55.5 Å². The van der Waals surface area contributed by atoms with Gasteiger partial charge in [-0.05, 0) is 37.8 Å². The lowest BCUT2D eigenvalue weighted by Crippen LogP contribution is -2.32. The lowest BCUT2D eigenvalue weighted by Gasteiger charge is -2.16. The highest BCUT2D eigenvalue weighted by Gasteiger charge is 2.17. The first-order chi connectivity index (χ1) is 10.3. The highest BCUT2D eigenvalue weighted by atomic mass is 16.1. The van der Waals surface area contributed by atoms with E-state index in [2.05, 4.69) is 27.4 Å². The van der Waals surface area contributed by atoms with Crippen molar-refractivity contribution in [2.24, 2.45) is 5.92 Å². The molecular formula is C17H21N3O. The summed E-state index contributed by atoms with van der Waals surface area (Å²) in [5, 5.41) is 3.04. The van der Waals surface area contributed by atoms with Crippen LogP contribution in [0.3, 0.4) is 0 Å². The van der Waals surface area contributed by atoms with E-state index in [-0.39, 0.29) is 11.8 Å². The molecule has 1 aliphatic rings. The Morgan fingerprint density at radius 1 is 1.33 bits per heavy atom. The lowest BCUT2D eigenvalue weighted by atomic mass is 9.94. The van der Waals surface area contributed by atoms with Gasteiger partial charge in [0, 0.05) is 18.9 Å². The van der Waals surface area contributed by atoms with Crippen molar-refractivity contribution in [3.8, 4) is 0 Å². The van der Waals surface area contributed by atoms with Crippen molar-refractivity contribution in [3.63, 3.8) is 0 Å². The van der Waals surface area contributed by atoms with Crippen molar-refractivity contribution < 1.29 is 4.79 Å². The Hall–Kier alpha value is -2.10. The number of H-pyrrole nitrogens is 1. The Kier molecular flexibility index (Phi) is 4.34. The van der Waals surface area contributed by atoms with Gasteiger partial charge in [0.05, 0.1) is 11.0 Å². The number of amides is 1. The van der Waals surface area contributed by atoms with E-state index in [0.29, 0.717) is 0 Å². The van der Waals surface area contributed by atoms with Gasteiger partial charge in [0.1, 0.15) is 5.82 Å². The minimum Gasteiger partial charge on any atom is -0.356 e. The van der Waals surface area contributed by atoms with Gasteiger partial charge in [0.25, 0.3) is 0 Å². The lowest BCUT2D eigenvalue weighted by molar-refractivity contribution is -0.125. The Labute approximate surface area is 124 Å². The van der Waals surface area contributed by atoms with Crippen LogP contribution in [0.1, 0.15) is 31.5 Å². The predicted octanol–water partition coefficient (Wildman–Crippen LogP) is 2.97. The summed E-state index contributed by atoms with van der Waals surface area (Å²) in [6.45, 7) is 0.718. The molecule has 110 valence electrons. The van der Waals surface area contributed by atoms with Crippen LogP contribution in [0.5, 0.6) is 0 Å². The number of nitrogens with one attached hydrogen (secondary N) is 2. The van der Waals surface area contributed by atoms with Gasteiger partial charge in [-0.1, -0.05) is 24.3 Å². The molecule has 0 saturated heterocycles. The molecule has 3 rings (SSSR count). The van der Waals surface area contributed by atoms with Crippen molar-refractivity contribution in [1.29, 1.82) is 0 Å². The molecule has 1 atom stereocenters. The van der Waals surface area contributed by atoms with Gasteiger partial charge >= 0.3 is 0 Å². The monoisotopic (exact) mass is 283 g/mol. The summed E-state index contributed by atoms with van der Waals surface area (Å²) in [4.78, 5) is 19.8. The fourth-order valence-electron chi connectivity index (χ4n) is 2.77. The smallest absolute Gasteiger partial charge is 0.223 e. The van der Waals surface area contributed by atoms with E-state index >= 15 is 0 Å². The summed E-state index contributed by atoms with van der Waals surface area (Å²) < 4.78 is 0. The number of aromatic nitrogens is 2. The molecule has 2 aromatic rings. The van der Waals surface area contributed by atoms with Crippen LogP contribution >= 0.6 is 0 Å². The number of carbonyl (C=O) groups excluding carboxylic acids is 1. The number of fused-ring (bicyclic) bond motifs is 1. The zero-order chi connectivity index (χ0) is 14.5. The summed E-state index contributed by atoms with van der Waals surface area (Å²) >= 11 is 0. The molecule has 1 unspecified atom stereocenters. The summed E-state index contributed by atoms with van der Waals surface area (Å²) in [6.07, 6.45) is 8.93. The number of hydrogen-bond donors (Lipinski definition) is 2. The maximum atomic E-state index is 12.0. The molecule has 0 spiro atoms. The number of benzene rings is 1. The molecule has 0 fully saturated rings. The zero-order valence-electron chi connectivity index (χ0n) is 12.1. The van der Waals surface area contributed by atoms with Crippen molar-refractivity contribution in [1.82, 2.24) is 15.3 Å². The first kappa shape index (κ1) is 13.9. The third-order valence-electron chi connectivity index (χ3n) is 3.97. The molecule has 4 heteroatoms. The second-order valence-electron chi connectivity index (χ2n) is 5.58. The second kappa shape index (κ2) is 6.57. The average molecular weight is 283 g/mol. The van der Waals surface area contributed by atoms with Gasteiger partial charge in [-0.2, -0.15) is 0 Å². The minimum absolute atomic E-state index is 0.168. The van der Waals surface area contributed by atoms with Crippen LogP contribution in [0.2, 0.25) is 0 Å². The molecule has 1 aromatic heterocycles. The Balaban J connectivity index is 1.43. The van der Waals surface area contributed by atoms with Crippen LogP contribution in [-0.4, -0.2) is 22.4 Å². The van der Waals surface area contributed by atoms with E-state index in [9.17, 15) is 4.79 Å². The summed E-state index contributed by atoms with van der Waals surface area (Å²) in [5.41, 5.74) is 2.08. The van der Waals surface area contributed by atoms with Gasteiger partial charge in [-0.3, -0.25) is 4.79 Å². The molecule has 0 saturated carbocycles. The highest BCUT2D eigenvalue weighted by Crippen LogP contribution is 2.18. The number of allylic oxidation sites excluding steroid dienone is 2. The van der Waals surface area contributed by atoms with Crippen LogP contribution in [-0.2, 0) is 11.2 Å². The van der Waals surface area contributed by atoms with E-state index in [1.165, 1.54) is 0 Å². The van der Waals surface area contributed by atoms with Crippen LogP contribution in [0.4, 0.5) is 0 Å². The number of rotatable bonds is 5. The van der Waals surface area contributed by atoms with Crippen LogP contribution < -0.4 is 5.32 Å². The van der Waals surface area contributed by atoms with Crippen molar-refractivity contribution >= 4 is 16.9 Å². The molecule has 21 heavy (non-hydrogen) atoms. The Bertz CT molecular complexity index is 611. The van der Waals surface area contributed by atoms with Gasteiger partial charge in [0.15, 0.2) is 0 Å². The largest absolute Gasteiger partial charge is 0.356 e. The number of hydrogen-bond acceptors (Lipinski definition) is 2. The van der Waals surface area contributed by atoms with Crippen LogP contribution in [0.15, 0.2) is 36.4 Å². The summed E-state index contributed by atoms with van der Waals surface area (Å²) in [6, 6.07) is 8.03. The van der Waals surface area contributed by atoms with Gasteiger partial charge in [-0.15, -0.1) is 0 Å². The van der Waals surface area contributed by atoms with Crippen LogP contribution in [0, 0.1) is 5.92 Å². The molecule has 2 N–H and O–H groups in total. The summed E-state index contributed by atoms with van der Waals surface area (Å²) in [5.74, 6) is 1.36. The fourth-order valence-corrected chi connectivity index (χ4v) is 2.77. The molecular weight excluding hydrogens is 262 g/mol. The second-order valence-corrected chi connectivity index (χ2v) is 5.58. The number of nitrogens with zero attached hydrogens (tertiary/aromatic N) is 1. The first-order valence-corrected chi connectivity index (χ1v) is 7.69. The third kappa shape index (κ3) is 3.51. The van der Waals surface area contributed by atoms with Gasteiger partial charge in [0.2, 0.25) is 5.91 Å². The molecule has 0 bridgehead atoms. The number of para-hydroxylation sites is 2. The molecule has 4 nitrogen and oxygen atoms in total. The topological polar surface area (TPSA) is 57.8 Å². The molecule has 1 amide bonds. The Morgan fingerprint density at radius 2 is 2.24 bits per heavy atom. The van der Waals surface area contributed by atoms with Crippen molar-refractivity contribution in [2.45, 2.75) is 32.1 Å².